The average Bonchev–Trinajstić information content (AvgIpc) is 3.30. The number of carbonyl (C=O) groups excluding carboxylic acids is 1. The molecule has 0 N–H and O–H groups in total. The van der Waals surface area contributed by atoms with Crippen LogP contribution >= 0.6 is 11.6 Å². The second-order valence-electron chi connectivity index (χ2n) is 6.74. The van der Waals surface area contributed by atoms with Gasteiger partial charge < -0.3 is 14.2 Å². The molecule has 0 atom stereocenters. The summed E-state index contributed by atoms with van der Waals surface area (Å²) in [5, 5.41) is 4.51. The molecule has 1 saturated heterocycles. The van der Waals surface area contributed by atoms with E-state index in [1.54, 1.807) is 29.0 Å². The van der Waals surface area contributed by atoms with Crippen LogP contribution in [0.15, 0.2) is 17.2 Å². The van der Waals surface area contributed by atoms with E-state index in [0.29, 0.717) is 24.6 Å². The fourth-order valence-electron chi connectivity index (χ4n) is 3.37. The summed E-state index contributed by atoms with van der Waals surface area (Å²) in [5.41, 5.74) is 2.90. The summed E-state index contributed by atoms with van der Waals surface area (Å²) in [7, 11) is 1.69. The predicted molar refractivity (Wildman–Crippen MR) is 103 cm³/mol. The van der Waals surface area contributed by atoms with Crippen LogP contribution in [0.25, 0.3) is 0 Å². The third-order valence-electron chi connectivity index (χ3n) is 5.04. The first-order chi connectivity index (χ1) is 13.0. The van der Waals surface area contributed by atoms with Gasteiger partial charge in [-0.2, -0.15) is 5.10 Å². The van der Waals surface area contributed by atoms with Gasteiger partial charge in [0.15, 0.2) is 0 Å². The van der Waals surface area contributed by atoms with Crippen molar-refractivity contribution in [3.8, 4) is 0 Å². The summed E-state index contributed by atoms with van der Waals surface area (Å²) >= 11 is 6.12. The summed E-state index contributed by atoms with van der Waals surface area (Å²) in [6.07, 6.45) is 3.38. The van der Waals surface area contributed by atoms with Crippen molar-refractivity contribution in [2.45, 2.75) is 40.4 Å². The monoisotopic (exact) mass is 392 g/mol. The highest BCUT2D eigenvalue weighted by Crippen LogP contribution is 2.28. The number of amides is 1. The topological polar surface area (TPSA) is 69.4 Å². The minimum atomic E-state index is -0.220. The number of aromatic nitrogens is 3. The van der Waals surface area contributed by atoms with Gasteiger partial charge in [0.25, 0.3) is 11.5 Å². The van der Waals surface area contributed by atoms with Crippen LogP contribution in [0.5, 0.6) is 0 Å². The van der Waals surface area contributed by atoms with Gasteiger partial charge in [0.05, 0.1) is 31.5 Å². The number of halogens is 1. The Morgan fingerprint density at radius 2 is 2.04 bits per heavy atom. The van der Waals surface area contributed by atoms with Crippen LogP contribution in [0.1, 0.15) is 41.0 Å². The molecule has 1 fully saturated rings. The van der Waals surface area contributed by atoms with Crippen molar-refractivity contribution >= 4 is 17.5 Å². The highest BCUT2D eigenvalue weighted by molar-refractivity contribution is 6.31. The Balaban J connectivity index is 0.00000102. The van der Waals surface area contributed by atoms with Crippen molar-refractivity contribution < 1.29 is 9.53 Å². The van der Waals surface area contributed by atoms with Crippen LogP contribution in [-0.4, -0.2) is 38.4 Å². The van der Waals surface area contributed by atoms with Crippen LogP contribution in [0, 0.1) is 12.8 Å². The SMILES string of the molecule is CC.Cc1c2c(n(C)c(=O)c1Cl)CN(C(=O)c1cnn(CC3COC3)c1)C2. The maximum Gasteiger partial charge on any atom is 0.269 e. The summed E-state index contributed by atoms with van der Waals surface area (Å²) in [6.45, 7) is 8.94. The van der Waals surface area contributed by atoms with E-state index in [9.17, 15) is 9.59 Å². The van der Waals surface area contributed by atoms with Crippen LogP contribution in [0.2, 0.25) is 5.02 Å². The molecule has 0 radical (unpaired) electrons. The van der Waals surface area contributed by atoms with Crippen molar-refractivity contribution in [1.29, 1.82) is 0 Å². The molecule has 0 unspecified atom stereocenters. The highest BCUT2D eigenvalue weighted by atomic mass is 35.5. The number of pyridine rings is 1. The zero-order chi connectivity index (χ0) is 19.7. The molecular formula is C19H25ClN4O3. The Hall–Kier alpha value is -2.12. The molecule has 2 aliphatic rings. The lowest BCUT2D eigenvalue weighted by atomic mass is 10.1. The first kappa shape index (κ1) is 19.6. The average molecular weight is 393 g/mol. The number of hydrogen-bond donors (Lipinski definition) is 0. The number of rotatable bonds is 3. The molecule has 2 aromatic heterocycles. The number of nitrogens with zero attached hydrogens (tertiary/aromatic N) is 4. The van der Waals surface area contributed by atoms with E-state index in [4.69, 9.17) is 16.3 Å². The van der Waals surface area contributed by atoms with E-state index < -0.39 is 0 Å². The number of hydrogen-bond acceptors (Lipinski definition) is 4. The minimum Gasteiger partial charge on any atom is -0.381 e. The summed E-state index contributed by atoms with van der Waals surface area (Å²) in [5.74, 6) is 0.383. The smallest absolute Gasteiger partial charge is 0.269 e. The quantitative estimate of drug-likeness (QED) is 0.804. The van der Waals surface area contributed by atoms with Gasteiger partial charge in [-0.15, -0.1) is 0 Å². The second-order valence-corrected chi connectivity index (χ2v) is 7.12. The zero-order valence-electron chi connectivity index (χ0n) is 16.2. The van der Waals surface area contributed by atoms with E-state index in [0.717, 1.165) is 36.6 Å². The van der Waals surface area contributed by atoms with E-state index >= 15 is 0 Å². The fourth-order valence-corrected chi connectivity index (χ4v) is 3.62. The Kier molecular flexibility index (Phi) is 5.72. The van der Waals surface area contributed by atoms with Gasteiger partial charge in [0, 0.05) is 37.9 Å². The summed E-state index contributed by atoms with van der Waals surface area (Å²) in [6, 6.07) is 0. The van der Waals surface area contributed by atoms with Crippen molar-refractivity contribution in [3.63, 3.8) is 0 Å². The van der Waals surface area contributed by atoms with Gasteiger partial charge >= 0.3 is 0 Å². The Bertz CT molecular complexity index is 914. The molecule has 0 aliphatic carbocycles. The lowest BCUT2D eigenvalue weighted by Crippen LogP contribution is -2.31. The van der Waals surface area contributed by atoms with E-state index in [2.05, 4.69) is 5.10 Å². The molecule has 2 aromatic rings. The van der Waals surface area contributed by atoms with Crippen LogP contribution < -0.4 is 5.56 Å². The van der Waals surface area contributed by atoms with Gasteiger partial charge in [-0.05, 0) is 18.1 Å². The third kappa shape index (κ3) is 3.53. The number of carbonyl (C=O) groups is 1. The first-order valence-electron chi connectivity index (χ1n) is 9.22. The van der Waals surface area contributed by atoms with Crippen molar-refractivity contribution in [1.82, 2.24) is 19.2 Å². The Labute approximate surface area is 163 Å². The lowest BCUT2D eigenvalue weighted by Gasteiger charge is -2.25. The predicted octanol–water partition coefficient (Wildman–Crippen LogP) is 2.37. The summed E-state index contributed by atoms with van der Waals surface area (Å²) < 4.78 is 8.50. The van der Waals surface area contributed by atoms with Gasteiger partial charge in [0.1, 0.15) is 5.02 Å². The maximum atomic E-state index is 12.8. The van der Waals surface area contributed by atoms with Crippen LogP contribution in [-0.2, 0) is 31.4 Å². The zero-order valence-corrected chi connectivity index (χ0v) is 16.9. The van der Waals surface area contributed by atoms with Crippen molar-refractivity contribution in [2.75, 3.05) is 13.2 Å². The molecule has 7 nitrogen and oxygen atoms in total. The third-order valence-corrected chi connectivity index (χ3v) is 5.48. The number of fused-ring (bicyclic) bond motifs is 1. The molecular weight excluding hydrogens is 368 g/mol. The van der Waals surface area contributed by atoms with Gasteiger partial charge in [-0.25, -0.2) is 0 Å². The largest absolute Gasteiger partial charge is 0.381 e. The molecule has 0 saturated carbocycles. The molecule has 4 rings (SSSR count). The lowest BCUT2D eigenvalue weighted by molar-refractivity contribution is -0.0408. The second kappa shape index (κ2) is 7.86. The number of ether oxygens (including phenoxy) is 1. The summed E-state index contributed by atoms with van der Waals surface area (Å²) in [4.78, 5) is 26.7. The molecule has 2 aliphatic heterocycles. The van der Waals surface area contributed by atoms with Gasteiger partial charge in [-0.3, -0.25) is 14.3 Å². The Morgan fingerprint density at radius 3 is 2.67 bits per heavy atom. The minimum absolute atomic E-state index is 0.0877. The Morgan fingerprint density at radius 1 is 1.33 bits per heavy atom. The van der Waals surface area contributed by atoms with E-state index in [1.807, 2.05) is 20.8 Å². The van der Waals surface area contributed by atoms with E-state index in [1.165, 1.54) is 4.57 Å². The van der Waals surface area contributed by atoms with Crippen molar-refractivity contribution in [2.24, 2.45) is 13.0 Å². The van der Waals surface area contributed by atoms with Crippen LogP contribution in [0.3, 0.4) is 0 Å². The molecule has 1 amide bonds. The van der Waals surface area contributed by atoms with Crippen molar-refractivity contribution in [3.05, 3.63) is 50.2 Å². The molecule has 0 aromatic carbocycles. The standard InChI is InChI=1S/C17H19ClN4O3.C2H6/c1-10-13-6-21(7-14(13)20(2)17(24)15(10)18)16(23)12-3-19-22(5-12)4-11-8-25-9-11;1-2/h3,5,11H,4,6-9H2,1-2H3;1-2H3. The molecule has 27 heavy (non-hydrogen) atoms. The van der Waals surface area contributed by atoms with Gasteiger partial charge in [0.2, 0.25) is 0 Å². The van der Waals surface area contributed by atoms with Crippen LogP contribution in [0.4, 0.5) is 0 Å². The highest BCUT2D eigenvalue weighted by Gasteiger charge is 2.30. The fraction of sp³-hybridized carbons (Fsp3) is 0.526. The molecule has 0 spiro atoms. The van der Waals surface area contributed by atoms with E-state index in [-0.39, 0.29) is 16.5 Å². The molecule has 4 heterocycles. The normalized spacial score (nSPS) is 15.8. The molecule has 146 valence electrons. The van der Waals surface area contributed by atoms with Gasteiger partial charge in [-0.1, -0.05) is 25.4 Å². The molecule has 0 bridgehead atoms. The maximum absolute atomic E-state index is 12.8. The molecule has 8 heteroatoms. The first-order valence-corrected chi connectivity index (χ1v) is 9.59.